The van der Waals surface area contributed by atoms with E-state index in [0.29, 0.717) is 0 Å². The summed E-state index contributed by atoms with van der Waals surface area (Å²) in [6, 6.07) is 5.02. The first-order chi connectivity index (χ1) is 9.86. The van der Waals surface area contributed by atoms with Gasteiger partial charge < -0.3 is 20.7 Å². The van der Waals surface area contributed by atoms with Crippen molar-refractivity contribution in [2.45, 2.75) is 19.9 Å². The number of hydrogen-bond acceptors (Lipinski definition) is 4. The van der Waals surface area contributed by atoms with Gasteiger partial charge in [0.25, 0.3) is 0 Å². The monoisotopic (exact) mass is 293 g/mol. The smallest absolute Gasteiger partial charge is 0.243 e. The number of anilines is 1. The molecule has 0 aromatic heterocycles. The van der Waals surface area contributed by atoms with Crippen LogP contribution in [-0.2, 0) is 14.3 Å². The minimum atomic E-state index is -0.756. The minimum Gasteiger partial charge on any atom is -0.383 e. The Bertz CT molecular complexity index is 497. The number of hydrogen-bond donors (Lipinski definition) is 2. The van der Waals surface area contributed by atoms with Crippen LogP contribution in [0.15, 0.2) is 18.2 Å². The summed E-state index contributed by atoms with van der Waals surface area (Å²) in [7, 11) is 3.02. The van der Waals surface area contributed by atoms with Gasteiger partial charge in [0.15, 0.2) is 0 Å². The molecule has 6 heteroatoms. The van der Waals surface area contributed by atoms with Gasteiger partial charge in [-0.05, 0) is 25.0 Å². The summed E-state index contributed by atoms with van der Waals surface area (Å²) in [6.45, 7) is 3.92. The van der Waals surface area contributed by atoms with Gasteiger partial charge in [0.05, 0.1) is 13.2 Å². The zero-order chi connectivity index (χ0) is 16.0. The molecule has 0 aliphatic rings. The van der Waals surface area contributed by atoms with Gasteiger partial charge in [0, 0.05) is 19.8 Å². The maximum absolute atomic E-state index is 12.0. The SMILES string of the molecule is COCC(N)C(=O)N(C)CC(=O)Nc1c(C)cccc1C. The van der Waals surface area contributed by atoms with Gasteiger partial charge in [0.1, 0.15) is 6.04 Å². The molecule has 0 heterocycles. The fourth-order valence-corrected chi connectivity index (χ4v) is 2.02. The Morgan fingerprint density at radius 2 is 1.90 bits per heavy atom. The molecule has 0 aliphatic carbocycles. The van der Waals surface area contributed by atoms with Crippen molar-refractivity contribution in [3.05, 3.63) is 29.3 Å². The number of ether oxygens (including phenoxy) is 1. The van der Waals surface area contributed by atoms with Crippen molar-refractivity contribution in [1.82, 2.24) is 4.90 Å². The van der Waals surface area contributed by atoms with Crippen molar-refractivity contribution in [3.8, 4) is 0 Å². The maximum atomic E-state index is 12.0. The van der Waals surface area contributed by atoms with E-state index in [1.54, 1.807) is 7.05 Å². The van der Waals surface area contributed by atoms with E-state index in [0.717, 1.165) is 16.8 Å². The molecule has 1 aromatic carbocycles. The maximum Gasteiger partial charge on any atom is 0.243 e. The van der Waals surface area contributed by atoms with Crippen LogP contribution in [0.5, 0.6) is 0 Å². The van der Waals surface area contributed by atoms with E-state index in [2.05, 4.69) is 5.32 Å². The van der Waals surface area contributed by atoms with E-state index in [1.165, 1.54) is 12.0 Å². The third kappa shape index (κ3) is 4.84. The van der Waals surface area contributed by atoms with Crippen LogP contribution >= 0.6 is 0 Å². The predicted octanol–water partition coefficient (Wildman–Crippen LogP) is 0.674. The molecule has 1 atom stereocenters. The second kappa shape index (κ2) is 7.75. The zero-order valence-corrected chi connectivity index (χ0v) is 13.0. The third-order valence-corrected chi connectivity index (χ3v) is 3.17. The standard InChI is InChI=1S/C15H23N3O3/c1-10-6-5-7-11(2)14(10)17-13(19)8-18(3)15(20)12(16)9-21-4/h5-7,12H,8-9,16H2,1-4H3,(H,17,19). The second-order valence-electron chi connectivity index (χ2n) is 5.07. The highest BCUT2D eigenvalue weighted by atomic mass is 16.5. The Kier molecular flexibility index (Phi) is 6.33. The molecule has 0 spiro atoms. The van der Waals surface area contributed by atoms with Crippen molar-refractivity contribution >= 4 is 17.5 Å². The Balaban J connectivity index is 2.63. The summed E-state index contributed by atoms with van der Waals surface area (Å²) in [5.74, 6) is -0.582. The molecule has 0 saturated heterocycles. The topological polar surface area (TPSA) is 84.7 Å². The molecule has 0 radical (unpaired) electrons. The van der Waals surface area contributed by atoms with Crippen LogP contribution in [-0.4, -0.2) is 50.1 Å². The number of likely N-dealkylation sites (N-methyl/N-ethyl adjacent to an activating group) is 1. The Morgan fingerprint density at radius 3 is 2.43 bits per heavy atom. The summed E-state index contributed by atoms with van der Waals surface area (Å²) in [4.78, 5) is 25.2. The zero-order valence-electron chi connectivity index (χ0n) is 13.0. The summed E-state index contributed by atoms with van der Waals surface area (Å²) < 4.78 is 4.83. The van der Waals surface area contributed by atoms with Crippen LogP contribution in [0, 0.1) is 13.8 Å². The number of benzene rings is 1. The number of nitrogens with two attached hydrogens (primary N) is 1. The molecule has 0 bridgehead atoms. The minimum absolute atomic E-state index is 0.0516. The van der Waals surface area contributed by atoms with Crippen LogP contribution in [0.2, 0.25) is 0 Å². The Morgan fingerprint density at radius 1 is 1.33 bits per heavy atom. The summed E-state index contributed by atoms with van der Waals surface area (Å²) in [6.07, 6.45) is 0. The number of nitrogens with one attached hydrogen (secondary N) is 1. The molecule has 116 valence electrons. The molecule has 0 aliphatic heterocycles. The highest BCUT2D eigenvalue weighted by Crippen LogP contribution is 2.19. The van der Waals surface area contributed by atoms with Crippen molar-refractivity contribution < 1.29 is 14.3 Å². The summed E-state index contributed by atoms with van der Waals surface area (Å²) in [5.41, 5.74) is 8.40. The third-order valence-electron chi connectivity index (χ3n) is 3.17. The van der Waals surface area contributed by atoms with E-state index >= 15 is 0 Å². The normalized spacial score (nSPS) is 11.9. The molecule has 2 amide bonds. The molecule has 1 aromatic rings. The van der Waals surface area contributed by atoms with Gasteiger partial charge in [-0.25, -0.2) is 0 Å². The van der Waals surface area contributed by atoms with Crippen molar-refractivity contribution in [2.75, 3.05) is 32.6 Å². The van der Waals surface area contributed by atoms with E-state index in [1.807, 2.05) is 32.0 Å². The van der Waals surface area contributed by atoms with Crippen molar-refractivity contribution in [2.24, 2.45) is 5.73 Å². The van der Waals surface area contributed by atoms with Crippen LogP contribution in [0.25, 0.3) is 0 Å². The van der Waals surface area contributed by atoms with Crippen LogP contribution in [0.4, 0.5) is 5.69 Å². The first kappa shape index (κ1) is 17.1. The fraction of sp³-hybridized carbons (Fsp3) is 0.467. The average Bonchev–Trinajstić information content (AvgIpc) is 2.42. The predicted molar refractivity (Wildman–Crippen MR) is 82.0 cm³/mol. The number of methoxy groups -OCH3 is 1. The quantitative estimate of drug-likeness (QED) is 0.807. The lowest BCUT2D eigenvalue weighted by atomic mass is 10.1. The number of amides is 2. The largest absolute Gasteiger partial charge is 0.383 e. The number of aryl methyl sites for hydroxylation is 2. The van der Waals surface area contributed by atoms with Crippen molar-refractivity contribution in [1.29, 1.82) is 0 Å². The molecule has 0 fully saturated rings. The summed E-state index contributed by atoms with van der Waals surface area (Å²) in [5, 5.41) is 2.83. The highest BCUT2D eigenvalue weighted by Gasteiger charge is 2.20. The van der Waals surface area contributed by atoms with E-state index in [9.17, 15) is 9.59 Å². The summed E-state index contributed by atoms with van der Waals surface area (Å²) >= 11 is 0. The van der Waals surface area contributed by atoms with Crippen LogP contribution in [0.1, 0.15) is 11.1 Å². The fourth-order valence-electron chi connectivity index (χ4n) is 2.02. The molecule has 0 saturated carbocycles. The number of carbonyl (C=O) groups excluding carboxylic acids is 2. The van der Waals surface area contributed by atoms with E-state index < -0.39 is 6.04 Å². The molecule has 21 heavy (non-hydrogen) atoms. The second-order valence-corrected chi connectivity index (χ2v) is 5.07. The van der Waals surface area contributed by atoms with Gasteiger partial charge in [-0.3, -0.25) is 9.59 Å². The number of rotatable bonds is 6. The van der Waals surface area contributed by atoms with Gasteiger partial charge in [-0.15, -0.1) is 0 Å². The van der Waals surface area contributed by atoms with E-state index in [-0.39, 0.29) is 25.0 Å². The molecular weight excluding hydrogens is 270 g/mol. The molecule has 3 N–H and O–H groups in total. The van der Waals surface area contributed by atoms with Crippen LogP contribution in [0.3, 0.4) is 0 Å². The molecular formula is C15H23N3O3. The van der Waals surface area contributed by atoms with Gasteiger partial charge in [-0.2, -0.15) is 0 Å². The number of para-hydroxylation sites is 1. The lowest BCUT2D eigenvalue weighted by Gasteiger charge is -2.21. The van der Waals surface area contributed by atoms with E-state index in [4.69, 9.17) is 10.5 Å². The molecule has 6 nitrogen and oxygen atoms in total. The first-order valence-corrected chi connectivity index (χ1v) is 6.72. The first-order valence-electron chi connectivity index (χ1n) is 6.72. The van der Waals surface area contributed by atoms with Gasteiger partial charge in [0.2, 0.25) is 11.8 Å². The lowest BCUT2D eigenvalue weighted by molar-refractivity contribution is -0.135. The highest BCUT2D eigenvalue weighted by molar-refractivity contribution is 5.96. The van der Waals surface area contributed by atoms with Gasteiger partial charge >= 0.3 is 0 Å². The average molecular weight is 293 g/mol. The molecule has 1 rings (SSSR count). The number of nitrogens with zero attached hydrogens (tertiary/aromatic N) is 1. The van der Waals surface area contributed by atoms with Crippen molar-refractivity contribution in [3.63, 3.8) is 0 Å². The lowest BCUT2D eigenvalue weighted by Crippen LogP contribution is -2.46. The Labute approximate surface area is 125 Å². The Hall–Kier alpha value is -1.92. The van der Waals surface area contributed by atoms with Gasteiger partial charge in [-0.1, -0.05) is 18.2 Å². The van der Waals surface area contributed by atoms with Crippen LogP contribution < -0.4 is 11.1 Å². The number of carbonyl (C=O) groups is 2. The molecule has 1 unspecified atom stereocenters.